The lowest BCUT2D eigenvalue weighted by Gasteiger charge is -2.39. The third kappa shape index (κ3) is 4.31. The van der Waals surface area contributed by atoms with E-state index in [2.05, 4.69) is 73.0 Å². The summed E-state index contributed by atoms with van der Waals surface area (Å²) in [4.78, 5) is 0. The summed E-state index contributed by atoms with van der Waals surface area (Å²) in [6.07, 6.45) is 15.7. The van der Waals surface area contributed by atoms with E-state index in [0.717, 1.165) is 17.7 Å². The van der Waals surface area contributed by atoms with Gasteiger partial charge in [0.05, 0.1) is 0 Å². The van der Waals surface area contributed by atoms with Gasteiger partial charge in [0, 0.05) is 28.2 Å². The van der Waals surface area contributed by atoms with E-state index in [1.165, 1.54) is 86.4 Å². The number of hydrogen-bond donors (Lipinski definition) is 0. The highest BCUT2D eigenvalue weighted by atomic mass is 31.1. The SMILES string of the molecule is CCC(C)n1c(-c2ccccc2P(C2CCCCC2)C2CCCCC2)cc2ccccc21. The summed E-state index contributed by atoms with van der Waals surface area (Å²) in [6.45, 7) is 4.72. The van der Waals surface area contributed by atoms with Crippen LogP contribution in [-0.4, -0.2) is 15.9 Å². The number of fused-ring (bicyclic) bond motifs is 1. The molecule has 5 rings (SSSR count). The first-order valence-corrected chi connectivity index (χ1v) is 14.7. The Balaban J connectivity index is 1.66. The van der Waals surface area contributed by atoms with Crippen molar-refractivity contribution in [2.24, 2.45) is 0 Å². The molecule has 1 nitrogen and oxygen atoms in total. The Morgan fingerprint density at radius 3 is 2.06 bits per heavy atom. The molecular formula is C30H40NP. The predicted molar refractivity (Wildman–Crippen MR) is 143 cm³/mol. The topological polar surface area (TPSA) is 4.93 Å². The molecule has 2 heteroatoms. The smallest absolute Gasteiger partial charge is 0.0500 e. The average Bonchev–Trinajstić information content (AvgIpc) is 3.25. The lowest BCUT2D eigenvalue weighted by Crippen LogP contribution is -2.27. The quantitative estimate of drug-likeness (QED) is 0.333. The van der Waals surface area contributed by atoms with E-state index in [-0.39, 0.29) is 7.92 Å². The average molecular weight is 446 g/mol. The van der Waals surface area contributed by atoms with Gasteiger partial charge in [-0.1, -0.05) is 95.8 Å². The largest absolute Gasteiger partial charge is 0.338 e. The molecule has 0 aliphatic heterocycles. The number of hydrogen-bond acceptors (Lipinski definition) is 0. The molecule has 2 aromatic carbocycles. The second kappa shape index (κ2) is 10.1. The van der Waals surface area contributed by atoms with E-state index in [0.29, 0.717) is 6.04 Å². The van der Waals surface area contributed by atoms with Crippen LogP contribution in [0.2, 0.25) is 0 Å². The monoisotopic (exact) mass is 445 g/mol. The lowest BCUT2D eigenvalue weighted by molar-refractivity contribution is 0.487. The Morgan fingerprint density at radius 2 is 1.41 bits per heavy atom. The van der Waals surface area contributed by atoms with Gasteiger partial charge in [0.15, 0.2) is 0 Å². The lowest BCUT2D eigenvalue weighted by atomic mass is 9.99. The first-order chi connectivity index (χ1) is 15.8. The minimum Gasteiger partial charge on any atom is -0.338 e. The minimum absolute atomic E-state index is 0.115. The van der Waals surface area contributed by atoms with Gasteiger partial charge in [-0.3, -0.25) is 0 Å². The second-order valence-corrected chi connectivity index (χ2v) is 13.0. The van der Waals surface area contributed by atoms with Crippen molar-refractivity contribution in [1.29, 1.82) is 0 Å². The van der Waals surface area contributed by atoms with Crippen molar-refractivity contribution in [3.63, 3.8) is 0 Å². The standard InChI is InChI=1S/C30H40NP/c1-3-23(2)31-28-20-12-10-14-24(28)22-29(31)27-19-11-13-21-30(27)32(25-15-6-4-7-16-25)26-17-8-5-9-18-26/h10-14,19-23,25-26H,3-9,15-18H2,1-2H3. The fourth-order valence-corrected chi connectivity index (χ4v) is 10.3. The van der Waals surface area contributed by atoms with Crippen molar-refractivity contribution in [3.05, 3.63) is 54.6 Å². The van der Waals surface area contributed by atoms with Crippen LogP contribution in [0.25, 0.3) is 22.2 Å². The Kier molecular flexibility index (Phi) is 7.03. The van der Waals surface area contributed by atoms with Crippen LogP contribution in [0, 0.1) is 0 Å². The molecule has 0 N–H and O–H groups in total. The van der Waals surface area contributed by atoms with E-state index in [1.807, 2.05) is 0 Å². The molecule has 2 aliphatic rings. The van der Waals surface area contributed by atoms with Gasteiger partial charge in [0.2, 0.25) is 0 Å². The van der Waals surface area contributed by atoms with Gasteiger partial charge in [-0.2, -0.15) is 0 Å². The maximum absolute atomic E-state index is 2.64. The summed E-state index contributed by atoms with van der Waals surface area (Å²) in [7, 11) is -0.115. The highest BCUT2D eigenvalue weighted by Gasteiger charge is 2.34. The van der Waals surface area contributed by atoms with E-state index < -0.39 is 0 Å². The van der Waals surface area contributed by atoms with Crippen molar-refractivity contribution in [2.45, 2.75) is 102 Å². The molecule has 1 unspecified atom stereocenters. The van der Waals surface area contributed by atoms with E-state index >= 15 is 0 Å². The zero-order chi connectivity index (χ0) is 21.9. The fourth-order valence-electron chi connectivity index (χ4n) is 6.37. The Morgan fingerprint density at radius 1 is 0.812 bits per heavy atom. The molecule has 0 saturated heterocycles. The van der Waals surface area contributed by atoms with Crippen LogP contribution >= 0.6 is 7.92 Å². The summed E-state index contributed by atoms with van der Waals surface area (Å²) >= 11 is 0. The van der Waals surface area contributed by atoms with Crippen molar-refractivity contribution in [3.8, 4) is 11.3 Å². The van der Waals surface area contributed by atoms with Gasteiger partial charge in [0.1, 0.15) is 0 Å². The van der Waals surface area contributed by atoms with Gasteiger partial charge in [-0.25, -0.2) is 0 Å². The van der Waals surface area contributed by atoms with Crippen molar-refractivity contribution < 1.29 is 0 Å². The number of rotatable bonds is 6. The molecular weight excluding hydrogens is 405 g/mol. The highest BCUT2D eigenvalue weighted by Crippen LogP contribution is 2.56. The molecule has 2 saturated carbocycles. The van der Waals surface area contributed by atoms with E-state index in [1.54, 1.807) is 5.30 Å². The molecule has 2 aliphatic carbocycles. The maximum Gasteiger partial charge on any atom is 0.0500 e. The van der Waals surface area contributed by atoms with Gasteiger partial charge in [-0.05, 0) is 67.8 Å². The van der Waals surface area contributed by atoms with E-state index in [9.17, 15) is 0 Å². The molecule has 0 spiro atoms. The first kappa shape index (κ1) is 22.2. The van der Waals surface area contributed by atoms with Crippen LogP contribution in [-0.2, 0) is 0 Å². The summed E-state index contributed by atoms with van der Waals surface area (Å²) in [5, 5.41) is 3.10. The first-order valence-electron chi connectivity index (χ1n) is 13.3. The summed E-state index contributed by atoms with van der Waals surface area (Å²) in [5.74, 6) is 0. The fraction of sp³-hybridized carbons (Fsp3) is 0.533. The molecule has 0 amide bonds. The number of benzene rings is 2. The van der Waals surface area contributed by atoms with Crippen LogP contribution in [0.15, 0.2) is 54.6 Å². The minimum atomic E-state index is -0.115. The van der Waals surface area contributed by atoms with Gasteiger partial charge >= 0.3 is 0 Å². The van der Waals surface area contributed by atoms with Gasteiger partial charge in [-0.15, -0.1) is 0 Å². The third-order valence-corrected chi connectivity index (χ3v) is 11.7. The van der Waals surface area contributed by atoms with Crippen LogP contribution in [0.5, 0.6) is 0 Å². The van der Waals surface area contributed by atoms with Gasteiger partial charge in [0.25, 0.3) is 0 Å². The van der Waals surface area contributed by atoms with Crippen LogP contribution in [0.3, 0.4) is 0 Å². The molecule has 1 aromatic heterocycles. The van der Waals surface area contributed by atoms with Crippen molar-refractivity contribution >= 4 is 24.1 Å². The Bertz CT molecular complexity index is 1000. The molecule has 0 radical (unpaired) electrons. The zero-order valence-electron chi connectivity index (χ0n) is 20.1. The normalized spacial score (nSPS) is 19.6. The van der Waals surface area contributed by atoms with Gasteiger partial charge < -0.3 is 4.57 Å². The maximum atomic E-state index is 2.64. The van der Waals surface area contributed by atoms with Crippen LogP contribution < -0.4 is 5.30 Å². The van der Waals surface area contributed by atoms with Crippen molar-refractivity contribution in [2.75, 3.05) is 0 Å². The molecule has 1 atom stereocenters. The van der Waals surface area contributed by atoms with Crippen LogP contribution in [0.1, 0.15) is 90.5 Å². The summed E-state index contributed by atoms with van der Waals surface area (Å²) in [5.41, 5.74) is 6.25. The molecule has 170 valence electrons. The molecule has 0 bridgehead atoms. The molecule has 2 fully saturated rings. The van der Waals surface area contributed by atoms with E-state index in [4.69, 9.17) is 0 Å². The number of nitrogens with zero attached hydrogens (tertiary/aromatic N) is 1. The molecule has 32 heavy (non-hydrogen) atoms. The molecule has 3 aromatic rings. The highest BCUT2D eigenvalue weighted by molar-refractivity contribution is 7.67. The summed E-state index contributed by atoms with van der Waals surface area (Å²) in [6, 6.07) is 21.6. The number of aromatic nitrogens is 1. The molecule has 1 heterocycles. The third-order valence-electron chi connectivity index (χ3n) is 8.17. The Labute approximate surface area is 196 Å². The summed E-state index contributed by atoms with van der Waals surface area (Å²) < 4.78 is 2.64. The van der Waals surface area contributed by atoms with Crippen LogP contribution in [0.4, 0.5) is 0 Å². The number of para-hydroxylation sites is 1. The Hall–Kier alpha value is -1.59. The second-order valence-electron chi connectivity index (χ2n) is 10.2. The predicted octanol–water partition coefficient (Wildman–Crippen LogP) is 9.05. The van der Waals surface area contributed by atoms with Crippen molar-refractivity contribution in [1.82, 2.24) is 4.57 Å². The zero-order valence-corrected chi connectivity index (χ0v) is 21.0.